The van der Waals surface area contributed by atoms with E-state index in [0.29, 0.717) is 22.7 Å². The molecule has 0 unspecified atom stereocenters. The number of aliphatic hydroxyl groups is 2. The molecule has 4 atom stereocenters. The smallest absolute Gasteiger partial charge is 0.344 e. The molecule has 1 aromatic carbocycles. The lowest BCUT2D eigenvalue weighted by Gasteiger charge is -2.19. The molecule has 0 saturated heterocycles. The molecule has 4 rings (SSSR count). The zero-order valence-electron chi connectivity index (χ0n) is 20.5. The summed E-state index contributed by atoms with van der Waals surface area (Å²) in [5.74, 6) is -0.107. The normalized spacial score (nSPS) is 21.8. The number of benzene rings is 1. The van der Waals surface area contributed by atoms with E-state index >= 15 is 0 Å². The van der Waals surface area contributed by atoms with Gasteiger partial charge in [-0.2, -0.15) is 0 Å². The first-order chi connectivity index (χ1) is 17.1. The van der Waals surface area contributed by atoms with Crippen molar-refractivity contribution in [3.63, 3.8) is 0 Å². The maximum absolute atomic E-state index is 12.9. The van der Waals surface area contributed by atoms with Crippen molar-refractivity contribution in [2.75, 3.05) is 19.0 Å². The van der Waals surface area contributed by atoms with E-state index in [1.807, 2.05) is 0 Å². The number of ether oxygens (including phenoxy) is 2. The largest absolute Gasteiger partial charge is 0.482 e. The summed E-state index contributed by atoms with van der Waals surface area (Å²) in [5, 5.41) is 27.1. The molecule has 12 nitrogen and oxygen atoms in total. The van der Waals surface area contributed by atoms with Gasteiger partial charge in [-0.1, -0.05) is 6.07 Å². The molecule has 1 fully saturated rings. The molecule has 0 bridgehead atoms. The molecule has 36 heavy (non-hydrogen) atoms. The number of hydrogen-bond acceptors (Lipinski definition) is 10. The highest BCUT2D eigenvalue weighted by Crippen LogP contribution is 2.34. The van der Waals surface area contributed by atoms with E-state index in [1.54, 1.807) is 50.6 Å². The Balaban J connectivity index is 1.43. The fourth-order valence-electron chi connectivity index (χ4n) is 4.20. The first-order valence-electron chi connectivity index (χ1n) is 11.5. The van der Waals surface area contributed by atoms with Crippen molar-refractivity contribution in [3.05, 3.63) is 42.5 Å². The Labute approximate surface area is 207 Å². The summed E-state index contributed by atoms with van der Waals surface area (Å²) >= 11 is 0. The second-order valence-electron chi connectivity index (χ2n) is 9.56. The fourth-order valence-corrected chi connectivity index (χ4v) is 4.20. The van der Waals surface area contributed by atoms with Gasteiger partial charge < -0.3 is 34.9 Å². The molecule has 2 aromatic heterocycles. The molecule has 0 radical (unpaired) electrons. The van der Waals surface area contributed by atoms with Crippen molar-refractivity contribution in [1.82, 2.24) is 24.8 Å². The Morgan fingerprint density at radius 2 is 1.94 bits per heavy atom. The topological polar surface area (TPSA) is 161 Å². The number of fused-ring (bicyclic) bond motifs is 1. The van der Waals surface area contributed by atoms with Crippen LogP contribution in [0, 0.1) is 0 Å². The highest BCUT2D eigenvalue weighted by atomic mass is 16.6. The number of carbonyl (C=O) groups is 2. The van der Waals surface area contributed by atoms with E-state index in [1.165, 1.54) is 18.7 Å². The Morgan fingerprint density at radius 1 is 1.17 bits per heavy atom. The second-order valence-corrected chi connectivity index (χ2v) is 9.56. The third-order valence-corrected chi connectivity index (χ3v) is 5.79. The van der Waals surface area contributed by atoms with Gasteiger partial charge in [-0.25, -0.2) is 19.7 Å². The third kappa shape index (κ3) is 5.39. The number of esters is 1. The lowest BCUT2D eigenvalue weighted by Crippen LogP contribution is -2.43. The van der Waals surface area contributed by atoms with Crippen LogP contribution >= 0.6 is 0 Å². The van der Waals surface area contributed by atoms with Gasteiger partial charge in [0.2, 0.25) is 0 Å². The van der Waals surface area contributed by atoms with Gasteiger partial charge in [-0.3, -0.25) is 4.79 Å². The summed E-state index contributed by atoms with van der Waals surface area (Å²) in [4.78, 5) is 37.6. The second kappa shape index (κ2) is 10.1. The zero-order valence-corrected chi connectivity index (χ0v) is 20.5. The van der Waals surface area contributed by atoms with Crippen molar-refractivity contribution < 1.29 is 29.3 Å². The third-order valence-electron chi connectivity index (χ3n) is 5.79. The number of carbonyl (C=O) groups excluding carboxylic acids is 2. The van der Waals surface area contributed by atoms with Crippen molar-refractivity contribution in [2.45, 2.75) is 57.1 Å². The van der Waals surface area contributed by atoms with Crippen LogP contribution < -0.4 is 15.4 Å². The maximum Gasteiger partial charge on any atom is 0.344 e. The molecule has 192 valence electrons. The van der Waals surface area contributed by atoms with Crippen LogP contribution in [-0.4, -0.2) is 79.1 Å². The molecule has 1 saturated carbocycles. The van der Waals surface area contributed by atoms with Crippen LogP contribution in [0.3, 0.4) is 0 Å². The summed E-state index contributed by atoms with van der Waals surface area (Å²) in [6.07, 6.45) is 0.836. The molecule has 0 spiro atoms. The molecule has 1 amide bonds. The van der Waals surface area contributed by atoms with Gasteiger partial charge in [0.1, 0.15) is 35.4 Å². The van der Waals surface area contributed by atoms with Gasteiger partial charge in [0.25, 0.3) is 5.91 Å². The minimum atomic E-state index is -1.20. The molecule has 12 heteroatoms. The minimum Gasteiger partial charge on any atom is -0.482 e. The number of nitrogens with one attached hydrogen (secondary N) is 2. The van der Waals surface area contributed by atoms with Crippen LogP contribution in [0.5, 0.6) is 5.75 Å². The molecule has 4 N–H and O–H groups in total. The van der Waals surface area contributed by atoms with Crippen LogP contribution in [0.25, 0.3) is 11.2 Å². The summed E-state index contributed by atoms with van der Waals surface area (Å²) < 4.78 is 12.4. The van der Waals surface area contributed by atoms with Crippen molar-refractivity contribution in [2.24, 2.45) is 0 Å². The van der Waals surface area contributed by atoms with Gasteiger partial charge in [0.05, 0.1) is 18.4 Å². The van der Waals surface area contributed by atoms with E-state index in [0.717, 1.165) is 0 Å². The SMILES string of the molecule is CNc1ncnc2c1ncn2[C@H]1C[C@@H](NC(=O)c2cccc(OCC(=O)OC(C)(C)C)c2)[C@@H](O)[C@H]1O. The number of amides is 1. The number of aromatic nitrogens is 4. The highest BCUT2D eigenvalue weighted by molar-refractivity contribution is 5.94. The molecule has 1 aliphatic rings. The molecule has 0 aliphatic heterocycles. The summed E-state index contributed by atoms with van der Waals surface area (Å²) in [6.45, 7) is 4.99. The minimum absolute atomic E-state index is 0.257. The van der Waals surface area contributed by atoms with E-state index in [2.05, 4.69) is 25.6 Å². The number of nitrogens with zero attached hydrogens (tertiary/aromatic N) is 4. The Hall–Kier alpha value is -3.77. The molecular weight excluding hydrogens is 468 g/mol. The van der Waals surface area contributed by atoms with Crippen LogP contribution in [0.15, 0.2) is 36.9 Å². The van der Waals surface area contributed by atoms with Crippen LogP contribution in [0.2, 0.25) is 0 Å². The predicted octanol–water partition coefficient (Wildman–Crippen LogP) is 1.05. The van der Waals surface area contributed by atoms with Crippen molar-refractivity contribution in [3.8, 4) is 5.75 Å². The van der Waals surface area contributed by atoms with Gasteiger partial charge in [-0.15, -0.1) is 0 Å². The van der Waals surface area contributed by atoms with Gasteiger partial charge in [-0.05, 0) is 45.4 Å². The average Bonchev–Trinajstić information content (AvgIpc) is 3.38. The summed E-state index contributed by atoms with van der Waals surface area (Å²) in [6, 6.07) is 5.06. The summed E-state index contributed by atoms with van der Waals surface area (Å²) in [5.41, 5.74) is 0.698. The standard InChI is InChI=1S/C24H30N6O6/c1-24(2,3)36-17(31)10-35-14-7-5-6-13(8-14)23(34)29-15-9-16(20(33)19(15)32)30-12-28-18-21(25-4)26-11-27-22(18)30/h5-8,11-12,15-16,19-20,32-33H,9-10H2,1-4H3,(H,29,34)(H,25,26,27)/t15-,16+,19-,20+/m1/s1. The predicted molar refractivity (Wildman–Crippen MR) is 130 cm³/mol. The van der Waals surface area contributed by atoms with Crippen molar-refractivity contribution in [1.29, 1.82) is 0 Å². The van der Waals surface area contributed by atoms with Crippen molar-refractivity contribution >= 4 is 28.9 Å². The average molecular weight is 499 g/mol. The lowest BCUT2D eigenvalue weighted by atomic mass is 10.1. The number of imidazole rings is 1. The highest BCUT2D eigenvalue weighted by Gasteiger charge is 2.44. The van der Waals surface area contributed by atoms with E-state index in [4.69, 9.17) is 9.47 Å². The van der Waals surface area contributed by atoms with E-state index in [9.17, 15) is 19.8 Å². The Bertz CT molecular complexity index is 1260. The lowest BCUT2D eigenvalue weighted by molar-refractivity contribution is -0.157. The number of hydrogen-bond donors (Lipinski definition) is 4. The maximum atomic E-state index is 12.9. The molecule has 1 aliphatic carbocycles. The molecular formula is C24H30N6O6. The van der Waals surface area contributed by atoms with E-state index in [-0.39, 0.29) is 18.6 Å². The fraction of sp³-hybridized carbons (Fsp3) is 0.458. The first kappa shape index (κ1) is 25.3. The van der Waals surface area contributed by atoms with Crippen LogP contribution in [0.1, 0.15) is 43.6 Å². The monoisotopic (exact) mass is 498 g/mol. The van der Waals surface area contributed by atoms with Gasteiger partial charge >= 0.3 is 5.97 Å². The first-order valence-corrected chi connectivity index (χ1v) is 11.5. The number of anilines is 1. The zero-order chi connectivity index (χ0) is 26.0. The molecule has 3 aromatic rings. The number of rotatable bonds is 7. The Kier molecular flexibility index (Phi) is 7.09. The van der Waals surface area contributed by atoms with Gasteiger partial charge in [0, 0.05) is 12.6 Å². The summed E-state index contributed by atoms with van der Waals surface area (Å²) in [7, 11) is 1.72. The van der Waals surface area contributed by atoms with Gasteiger partial charge in [0.15, 0.2) is 18.1 Å². The van der Waals surface area contributed by atoms with E-state index < -0.39 is 41.8 Å². The number of aliphatic hydroxyl groups excluding tert-OH is 2. The molecule has 2 heterocycles. The van der Waals surface area contributed by atoms with Crippen LogP contribution in [0.4, 0.5) is 5.82 Å². The van der Waals surface area contributed by atoms with Crippen LogP contribution in [-0.2, 0) is 9.53 Å². The Morgan fingerprint density at radius 3 is 2.67 bits per heavy atom. The quantitative estimate of drug-likeness (QED) is 0.347.